The molecule has 1 aromatic heterocycles. The minimum Gasteiger partial charge on any atom is -0.459 e. The average molecular weight is 696 g/mol. The Labute approximate surface area is 258 Å². The molecule has 3 aromatic carbocycles. The van der Waals surface area contributed by atoms with Crippen molar-refractivity contribution in [3.8, 4) is 5.75 Å². The molecule has 43 heavy (non-hydrogen) atoms. The van der Waals surface area contributed by atoms with E-state index in [4.69, 9.17) is 18.9 Å². The fourth-order valence-corrected chi connectivity index (χ4v) is 5.26. The number of hydrogen-bond donors (Lipinski definition) is 0. The summed E-state index contributed by atoms with van der Waals surface area (Å²) in [6.07, 6.45) is -2.69. The average Bonchev–Trinajstić information content (AvgIpc) is 3.39. The molecule has 0 saturated carbocycles. The van der Waals surface area contributed by atoms with Crippen LogP contribution in [0.1, 0.15) is 26.9 Å². The molecule has 2 heterocycles. The van der Waals surface area contributed by atoms with E-state index in [1.54, 1.807) is 101 Å². The zero-order valence-electron chi connectivity index (χ0n) is 22.7. The number of hydrogen-bond acceptors (Lipinski definition) is 9. The number of esters is 3. The Bertz CT molecular complexity index is 1740. The molecule has 0 aliphatic carbocycles. The first kappa shape index (κ1) is 29.9. The summed E-state index contributed by atoms with van der Waals surface area (Å²) in [5.74, 6) is -3.50. The molecule has 220 valence electrons. The topological polar surface area (TPSA) is 132 Å². The minimum atomic E-state index is -1.40. The summed E-state index contributed by atoms with van der Waals surface area (Å²) in [6.45, 7) is -0.427. The molecule has 0 amide bonds. The number of benzene rings is 3. The van der Waals surface area contributed by atoms with Crippen LogP contribution in [0, 0.1) is 9.49 Å². The monoisotopic (exact) mass is 696 g/mol. The number of aromatic nitrogens is 2. The molecular formula is C31H25IN2O9. The molecule has 1 aliphatic rings. The summed E-state index contributed by atoms with van der Waals surface area (Å²) in [7, 11) is 1.29. The van der Waals surface area contributed by atoms with Crippen molar-refractivity contribution in [3.63, 3.8) is 0 Å². The summed E-state index contributed by atoms with van der Waals surface area (Å²) in [6, 6.07) is 24.5. The second-order valence-electron chi connectivity index (χ2n) is 9.56. The summed E-state index contributed by atoms with van der Waals surface area (Å²) in [5, 5.41) is 0. The number of para-hydroxylation sites is 1. The third-order valence-electron chi connectivity index (χ3n) is 6.76. The lowest BCUT2D eigenvalue weighted by atomic mass is 9.99. The van der Waals surface area contributed by atoms with Crippen LogP contribution in [0.3, 0.4) is 0 Å². The summed E-state index contributed by atoms with van der Waals surface area (Å²) in [5.41, 5.74) is -0.833. The van der Waals surface area contributed by atoms with E-state index in [2.05, 4.69) is 0 Å². The van der Waals surface area contributed by atoms with Crippen LogP contribution in [0.5, 0.6) is 5.75 Å². The Morgan fingerprint density at radius 2 is 1.40 bits per heavy atom. The molecule has 12 heteroatoms. The first-order chi connectivity index (χ1) is 20.7. The maximum Gasteiger partial charge on any atom is 0.338 e. The van der Waals surface area contributed by atoms with Crippen LogP contribution in [0.2, 0.25) is 0 Å². The van der Waals surface area contributed by atoms with Gasteiger partial charge in [0.1, 0.15) is 30.5 Å². The molecular weight excluding hydrogens is 671 g/mol. The molecule has 1 saturated heterocycles. The molecule has 0 unspecified atom stereocenters. The van der Waals surface area contributed by atoms with Crippen molar-refractivity contribution < 1.29 is 33.3 Å². The van der Waals surface area contributed by atoms with Gasteiger partial charge in [-0.3, -0.25) is 18.7 Å². The standard InChI is InChI=1S/C31H25IN2O9/c1-33-26(35)22(32)17-34(31(33)39)27-24(30(38)41-21-15-9-4-10-16-21)25(43-29(37)20-13-7-3-8-14-20)23(42-27)18-40-28(36)19-11-5-2-6-12-19/h2-17,23-25,27H,18H2,1H3/t23-,24-,25-,27-/m1/s1. The van der Waals surface area contributed by atoms with Crippen LogP contribution in [-0.4, -0.2) is 45.9 Å². The van der Waals surface area contributed by atoms with Gasteiger partial charge in [-0.15, -0.1) is 0 Å². The number of carbonyl (C=O) groups excluding carboxylic acids is 3. The van der Waals surface area contributed by atoms with Crippen LogP contribution in [0.25, 0.3) is 0 Å². The lowest BCUT2D eigenvalue weighted by Crippen LogP contribution is -2.44. The van der Waals surface area contributed by atoms with Crippen LogP contribution in [0.15, 0.2) is 107 Å². The third-order valence-corrected chi connectivity index (χ3v) is 7.50. The van der Waals surface area contributed by atoms with Crippen molar-refractivity contribution >= 4 is 40.5 Å². The maximum absolute atomic E-state index is 13.8. The van der Waals surface area contributed by atoms with E-state index in [-0.39, 0.29) is 20.4 Å². The largest absolute Gasteiger partial charge is 0.459 e. The summed E-state index contributed by atoms with van der Waals surface area (Å²) in [4.78, 5) is 65.5. The second-order valence-corrected chi connectivity index (χ2v) is 10.7. The van der Waals surface area contributed by atoms with Gasteiger partial charge in [-0.2, -0.15) is 0 Å². The first-order valence-corrected chi connectivity index (χ1v) is 14.2. The molecule has 1 aliphatic heterocycles. The first-order valence-electron chi connectivity index (χ1n) is 13.1. The van der Waals surface area contributed by atoms with Gasteiger partial charge in [0.2, 0.25) is 0 Å². The molecule has 1 fully saturated rings. The van der Waals surface area contributed by atoms with Crippen LogP contribution >= 0.6 is 22.6 Å². The fourth-order valence-electron chi connectivity index (χ4n) is 4.60. The number of carbonyl (C=O) groups is 3. The lowest BCUT2D eigenvalue weighted by molar-refractivity contribution is -0.145. The van der Waals surface area contributed by atoms with Crippen molar-refractivity contribution in [3.05, 3.63) is 133 Å². The van der Waals surface area contributed by atoms with Crippen molar-refractivity contribution in [2.24, 2.45) is 13.0 Å². The number of nitrogens with zero attached hydrogens (tertiary/aromatic N) is 2. The zero-order chi connectivity index (χ0) is 30.5. The zero-order valence-corrected chi connectivity index (χ0v) is 24.9. The molecule has 0 bridgehead atoms. The van der Waals surface area contributed by atoms with Gasteiger partial charge >= 0.3 is 23.6 Å². The van der Waals surface area contributed by atoms with Gasteiger partial charge in [-0.25, -0.2) is 14.4 Å². The SMILES string of the molecule is Cn1c(=O)c(I)cn([C@@H]2O[C@H](COC(=O)c3ccccc3)[C@@H](OC(=O)c3ccccc3)[C@H]2C(=O)Oc2ccccc2)c1=O. The highest BCUT2D eigenvalue weighted by Crippen LogP contribution is 2.38. The summed E-state index contributed by atoms with van der Waals surface area (Å²) >= 11 is 1.77. The predicted molar refractivity (Wildman–Crippen MR) is 161 cm³/mol. The number of halogens is 1. The van der Waals surface area contributed by atoms with Crippen molar-refractivity contribution in [2.75, 3.05) is 6.61 Å². The fraction of sp³-hybridized carbons (Fsp3) is 0.194. The molecule has 0 N–H and O–H groups in total. The quantitative estimate of drug-likeness (QED) is 0.155. The van der Waals surface area contributed by atoms with Gasteiger partial charge < -0.3 is 18.9 Å². The Balaban J connectivity index is 1.55. The van der Waals surface area contributed by atoms with E-state index in [0.717, 1.165) is 9.13 Å². The smallest absolute Gasteiger partial charge is 0.338 e. The Hall–Kier alpha value is -4.56. The third kappa shape index (κ3) is 6.60. The van der Waals surface area contributed by atoms with Crippen LogP contribution in [0.4, 0.5) is 0 Å². The van der Waals surface area contributed by atoms with Gasteiger partial charge in [0, 0.05) is 13.2 Å². The highest BCUT2D eigenvalue weighted by atomic mass is 127. The van der Waals surface area contributed by atoms with Gasteiger partial charge in [0.05, 0.1) is 14.7 Å². The number of rotatable bonds is 8. The van der Waals surface area contributed by atoms with Crippen LogP contribution < -0.4 is 16.0 Å². The molecule has 11 nitrogen and oxygen atoms in total. The number of ether oxygens (including phenoxy) is 4. The van der Waals surface area contributed by atoms with E-state index in [1.165, 1.54) is 25.4 Å². The van der Waals surface area contributed by atoms with Crippen molar-refractivity contribution in [1.82, 2.24) is 9.13 Å². The Morgan fingerprint density at radius 3 is 2.00 bits per heavy atom. The van der Waals surface area contributed by atoms with Gasteiger partial charge in [-0.05, 0) is 59.0 Å². The van der Waals surface area contributed by atoms with E-state index in [1.807, 2.05) is 0 Å². The minimum absolute atomic E-state index is 0.176. The maximum atomic E-state index is 13.8. The predicted octanol–water partition coefficient (Wildman–Crippen LogP) is 3.35. The van der Waals surface area contributed by atoms with E-state index in [0.29, 0.717) is 0 Å². The Kier molecular flexibility index (Phi) is 9.16. The summed E-state index contributed by atoms with van der Waals surface area (Å²) < 4.78 is 25.3. The molecule has 5 rings (SSSR count). The molecule has 0 radical (unpaired) electrons. The Morgan fingerprint density at radius 1 is 0.837 bits per heavy atom. The lowest BCUT2D eigenvalue weighted by Gasteiger charge is -2.24. The normalized spacial score (nSPS) is 19.4. The van der Waals surface area contributed by atoms with E-state index in [9.17, 15) is 24.0 Å². The highest BCUT2D eigenvalue weighted by molar-refractivity contribution is 14.1. The van der Waals surface area contributed by atoms with Gasteiger partial charge in [-0.1, -0.05) is 54.6 Å². The van der Waals surface area contributed by atoms with Crippen molar-refractivity contribution in [1.29, 1.82) is 0 Å². The van der Waals surface area contributed by atoms with E-state index < -0.39 is 60.1 Å². The molecule has 4 aromatic rings. The highest BCUT2D eigenvalue weighted by Gasteiger charge is 2.54. The van der Waals surface area contributed by atoms with Gasteiger partial charge in [0.25, 0.3) is 5.56 Å². The van der Waals surface area contributed by atoms with Gasteiger partial charge in [0.15, 0.2) is 6.23 Å². The van der Waals surface area contributed by atoms with E-state index >= 15 is 0 Å². The molecule has 0 spiro atoms. The second kappa shape index (κ2) is 13.2. The molecule has 4 atom stereocenters. The van der Waals surface area contributed by atoms with Crippen molar-refractivity contribution in [2.45, 2.75) is 18.4 Å². The van der Waals surface area contributed by atoms with Crippen LogP contribution in [-0.2, 0) is 26.1 Å².